The fourth-order valence-corrected chi connectivity index (χ4v) is 8.95. The minimum Gasteiger partial charge on any atom is -0.208 e. The van der Waals surface area contributed by atoms with E-state index in [0.717, 1.165) is 56.7 Å². The number of nitrogens with zero attached hydrogens (tertiary/aromatic N) is 5. The summed E-state index contributed by atoms with van der Waals surface area (Å²) in [5.41, 5.74) is 9.83. The highest BCUT2D eigenvalue weighted by Gasteiger charge is 2.45. The fourth-order valence-electron chi connectivity index (χ4n) is 8.95. The summed E-state index contributed by atoms with van der Waals surface area (Å²) in [6, 6.07) is 45.4. The maximum absolute atomic E-state index is 9.39. The maximum atomic E-state index is 9.39. The molecule has 1 heterocycles. The van der Waals surface area contributed by atoms with Crippen molar-refractivity contribution in [1.29, 1.82) is 10.5 Å². The van der Waals surface area contributed by atoms with Gasteiger partial charge in [-0.2, -0.15) is 10.5 Å². The Balaban J connectivity index is 1.25. The molecule has 2 aliphatic rings. The van der Waals surface area contributed by atoms with E-state index in [4.69, 9.17) is 15.0 Å². The first-order chi connectivity index (χ1) is 24.9. The molecule has 1 aromatic heterocycles. The number of fused-ring (bicyclic) bond motifs is 2. The lowest BCUT2D eigenvalue weighted by atomic mass is 9.54. The quantitative estimate of drug-likeness (QED) is 0.177. The van der Waals surface area contributed by atoms with E-state index in [1.165, 1.54) is 37.7 Å². The normalized spacial score (nSPS) is 21.0. The third-order valence-electron chi connectivity index (χ3n) is 10.9. The zero-order valence-corrected chi connectivity index (χ0v) is 29.1. The van der Waals surface area contributed by atoms with Gasteiger partial charge in [-0.3, -0.25) is 0 Å². The molecule has 8 rings (SSSR count). The van der Waals surface area contributed by atoms with E-state index in [2.05, 4.69) is 92.7 Å². The van der Waals surface area contributed by atoms with E-state index < -0.39 is 0 Å². The number of rotatable bonds is 6. The smallest absolute Gasteiger partial charge is 0.164 e. The third kappa shape index (κ3) is 6.56. The van der Waals surface area contributed by atoms with Crippen molar-refractivity contribution in [3.63, 3.8) is 0 Å². The van der Waals surface area contributed by atoms with Gasteiger partial charge in [0, 0.05) is 16.7 Å². The van der Waals surface area contributed by atoms with Crippen LogP contribution in [0.3, 0.4) is 0 Å². The standard InChI is InChI=1S/C46H39N5/c1-30-20-34-21-31(2)26-46(25-30,27-34)42-18-16-36(17-19-42)40-22-39(35-6-4-3-5-7-35)23-41(24-40)45-50-43(37-12-8-32(28-47)9-13-37)49-44(51-45)38-14-10-33(29-48)11-15-38/h3-19,22-24,30-31,34H,20-21,25-27H2,1-2H3/t30-,31+,34?,46?. The van der Waals surface area contributed by atoms with Crippen LogP contribution in [0.5, 0.6) is 0 Å². The lowest BCUT2D eigenvalue weighted by Crippen LogP contribution is -2.42. The molecule has 5 heteroatoms. The summed E-state index contributed by atoms with van der Waals surface area (Å²) in [6.45, 7) is 4.89. The van der Waals surface area contributed by atoms with Gasteiger partial charge in [0.15, 0.2) is 17.5 Å². The Kier molecular flexibility index (Phi) is 8.50. The molecule has 0 amide bonds. The Bertz CT molecular complexity index is 2180. The SMILES string of the molecule is C[C@@H]1CC2C[C@H](C)CC(c3ccc(-c4cc(-c5ccccc5)cc(-c5nc(-c6ccc(C#N)cc6)nc(-c6ccc(C#N)cc6)n5)c4)cc3)(C2)C1. The van der Waals surface area contributed by atoms with Crippen LogP contribution in [0.25, 0.3) is 56.4 Å². The summed E-state index contributed by atoms with van der Waals surface area (Å²) in [6.07, 6.45) is 6.62. The van der Waals surface area contributed by atoms with Gasteiger partial charge in [0.2, 0.25) is 0 Å². The second-order valence-electron chi connectivity index (χ2n) is 14.9. The van der Waals surface area contributed by atoms with E-state index in [1.807, 2.05) is 30.3 Å². The second kappa shape index (κ2) is 13.4. The van der Waals surface area contributed by atoms with Crippen molar-refractivity contribution in [3.05, 3.63) is 138 Å². The molecule has 2 saturated carbocycles. The fraction of sp³-hybridized carbons (Fsp3) is 0.239. The van der Waals surface area contributed by atoms with E-state index >= 15 is 0 Å². The first-order valence-electron chi connectivity index (χ1n) is 18.0. The molecule has 0 aliphatic heterocycles. The van der Waals surface area contributed by atoms with Crippen molar-refractivity contribution < 1.29 is 0 Å². The van der Waals surface area contributed by atoms with Crippen LogP contribution in [0.1, 0.15) is 62.6 Å². The van der Waals surface area contributed by atoms with Gasteiger partial charge >= 0.3 is 0 Å². The molecule has 248 valence electrons. The molecule has 51 heavy (non-hydrogen) atoms. The minimum absolute atomic E-state index is 0.282. The van der Waals surface area contributed by atoms with Gasteiger partial charge < -0.3 is 0 Å². The van der Waals surface area contributed by atoms with Crippen LogP contribution >= 0.6 is 0 Å². The summed E-state index contributed by atoms with van der Waals surface area (Å²) in [5.74, 6) is 3.96. The lowest BCUT2D eigenvalue weighted by Gasteiger charge is -2.50. The lowest BCUT2D eigenvalue weighted by molar-refractivity contribution is 0.0780. The molecule has 2 aliphatic carbocycles. The van der Waals surface area contributed by atoms with Crippen molar-refractivity contribution in [2.45, 2.75) is 51.4 Å². The number of nitriles is 2. The van der Waals surface area contributed by atoms with Crippen LogP contribution in [0.15, 0.2) is 121 Å². The molecule has 5 aromatic carbocycles. The van der Waals surface area contributed by atoms with Crippen molar-refractivity contribution >= 4 is 0 Å². The summed E-state index contributed by atoms with van der Waals surface area (Å²) in [5, 5.41) is 18.8. The molecular weight excluding hydrogens is 623 g/mol. The van der Waals surface area contributed by atoms with Crippen LogP contribution < -0.4 is 0 Å². The minimum atomic E-state index is 0.282. The molecule has 2 fully saturated rings. The van der Waals surface area contributed by atoms with E-state index in [-0.39, 0.29) is 5.41 Å². The van der Waals surface area contributed by atoms with E-state index in [9.17, 15) is 10.5 Å². The predicted octanol–water partition coefficient (Wildman–Crippen LogP) is 11.1. The highest BCUT2D eigenvalue weighted by molar-refractivity contribution is 5.80. The monoisotopic (exact) mass is 661 g/mol. The van der Waals surface area contributed by atoms with E-state index in [0.29, 0.717) is 28.6 Å². The highest BCUT2D eigenvalue weighted by Crippen LogP contribution is 2.54. The van der Waals surface area contributed by atoms with Gasteiger partial charge in [-0.1, -0.05) is 68.4 Å². The van der Waals surface area contributed by atoms with Gasteiger partial charge in [-0.15, -0.1) is 0 Å². The first kappa shape index (κ1) is 32.3. The predicted molar refractivity (Wildman–Crippen MR) is 203 cm³/mol. The zero-order chi connectivity index (χ0) is 35.0. The number of benzene rings is 5. The van der Waals surface area contributed by atoms with Crippen molar-refractivity contribution in [2.75, 3.05) is 0 Å². The van der Waals surface area contributed by atoms with Crippen molar-refractivity contribution in [1.82, 2.24) is 15.0 Å². The highest BCUT2D eigenvalue weighted by atomic mass is 15.0. The Morgan fingerprint density at radius 3 is 1.41 bits per heavy atom. The van der Waals surface area contributed by atoms with Gasteiger partial charge in [0.1, 0.15) is 0 Å². The van der Waals surface area contributed by atoms with Crippen LogP contribution in [-0.4, -0.2) is 15.0 Å². The molecule has 4 atom stereocenters. The average molecular weight is 662 g/mol. The zero-order valence-electron chi connectivity index (χ0n) is 29.1. The molecule has 0 saturated heterocycles. The number of hydrogen-bond acceptors (Lipinski definition) is 5. The molecule has 0 radical (unpaired) electrons. The number of aromatic nitrogens is 3. The Morgan fingerprint density at radius 1 is 0.490 bits per heavy atom. The van der Waals surface area contributed by atoms with Crippen molar-refractivity contribution in [3.8, 4) is 68.6 Å². The summed E-state index contributed by atoms with van der Waals surface area (Å²) in [4.78, 5) is 14.9. The summed E-state index contributed by atoms with van der Waals surface area (Å²) < 4.78 is 0. The van der Waals surface area contributed by atoms with Gasteiger partial charge in [0.05, 0.1) is 23.3 Å². The van der Waals surface area contributed by atoms with Gasteiger partial charge in [-0.25, -0.2) is 15.0 Å². The van der Waals surface area contributed by atoms with E-state index in [1.54, 1.807) is 24.3 Å². The number of hydrogen-bond donors (Lipinski definition) is 0. The van der Waals surface area contributed by atoms with Gasteiger partial charge in [-0.05, 0) is 150 Å². The Hall–Kier alpha value is -5.91. The van der Waals surface area contributed by atoms with Crippen LogP contribution in [0.4, 0.5) is 0 Å². The maximum Gasteiger partial charge on any atom is 0.164 e. The summed E-state index contributed by atoms with van der Waals surface area (Å²) >= 11 is 0. The average Bonchev–Trinajstić information content (AvgIpc) is 3.17. The first-order valence-corrected chi connectivity index (χ1v) is 18.0. The van der Waals surface area contributed by atoms with Crippen molar-refractivity contribution in [2.24, 2.45) is 17.8 Å². The molecular formula is C46H39N5. The van der Waals surface area contributed by atoms with Gasteiger partial charge in [0.25, 0.3) is 0 Å². The van der Waals surface area contributed by atoms with Crippen LogP contribution in [0.2, 0.25) is 0 Å². The molecule has 2 bridgehead atoms. The third-order valence-corrected chi connectivity index (χ3v) is 10.9. The molecule has 0 spiro atoms. The molecule has 6 aromatic rings. The van der Waals surface area contributed by atoms with Crippen LogP contribution in [0, 0.1) is 40.4 Å². The molecule has 5 nitrogen and oxygen atoms in total. The summed E-state index contributed by atoms with van der Waals surface area (Å²) in [7, 11) is 0. The molecule has 2 unspecified atom stereocenters. The van der Waals surface area contributed by atoms with Crippen LogP contribution in [-0.2, 0) is 5.41 Å². The Morgan fingerprint density at radius 2 is 0.922 bits per heavy atom. The largest absolute Gasteiger partial charge is 0.208 e. The Labute approximate surface area is 300 Å². The second-order valence-corrected chi connectivity index (χ2v) is 14.9. The topological polar surface area (TPSA) is 86.2 Å². The molecule has 0 N–H and O–H groups in total.